The molecule has 5 heteroatoms. The third-order valence-corrected chi connectivity index (χ3v) is 4.48. The summed E-state index contributed by atoms with van der Waals surface area (Å²) in [4.78, 5) is 0. The molecule has 0 saturated carbocycles. The molecule has 0 amide bonds. The van der Waals surface area contributed by atoms with E-state index >= 15 is 0 Å². The van der Waals surface area contributed by atoms with Crippen LogP contribution in [0, 0.1) is 5.82 Å². The van der Waals surface area contributed by atoms with Crippen LogP contribution in [-0.2, 0) is 0 Å². The summed E-state index contributed by atoms with van der Waals surface area (Å²) in [7, 11) is 0. The Morgan fingerprint density at radius 3 is 2.55 bits per heavy atom. The monoisotopic (exact) mass is 419 g/mol. The van der Waals surface area contributed by atoms with Crippen LogP contribution >= 0.6 is 43.5 Å². The molecule has 20 heavy (non-hydrogen) atoms. The van der Waals surface area contributed by atoms with Gasteiger partial charge in [-0.2, -0.15) is 0 Å². The van der Waals surface area contributed by atoms with E-state index in [2.05, 4.69) is 37.2 Å². The van der Waals surface area contributed by atoms with E-state index in [0.29, 0.717) is 5.02 Å². The standard InChI is InChI=1S/C15H13Br2ClFN/c1-2-20-15(11-5-3-9(16)7-13(11)17)12-8-10(19)4-6-14(12)18/h3-8,15,20H,2H2,1H3. The maximum Gasteiger partial charge on any atom is 0.123 e. The van der Waals surface area contributed by atoms with Crippen molar-refractivity contribution in [2.24, 2.45) is 0 Å². The minimum atomic E-state index is -0.291. The van der Waals surface area contributed by atoms with Gasteiger partial charge in [0.2, 0.25) is 0 Å². The van der Waals surface area contributed by atoms with Gasteiger partial charge in [-0.3, -0.25) is 0 Å². The number of benzene rings is 2. The van der Waals surface area contributed by atoms with Crippen LogP contribution in [0.4, 0.5) is 4.39 Å². The van der Waals surface area contributed by atoms with Crippen LogP contribution in [0.2, 0.25) is 5.02 Å². The molecule has 0 fully saturated rings. The van der Waals surface area contributed by atoms with Crippen molar-refractivity contribution < 1.29 is 4.39 Å². The predicted molar refractivity (Wildman–Crippen MR) is 88.8 cm³/mol. The molecule has 0 bridgehead atoms. The highest BCUT2D eigenvalue weighted by Gasteiger charge is 2.19. The quantitative estimate of drug-likeness (QED) is 0.667. The fourth-order valence-electron chi connectivity index (χ4n) is 2.06. The maximum atomic E-state index is 13.5. The highest BCUT2D eigenvalue weighted by Crippen LogP contribution is 2.34. The molecule has 1 atom stereocenters. The third-order valence-electron chi connectivity index (χ3n) is 2.95. The molecule has 0 radical (unpaired) electrons. The summed E-state index contributed by atoms with van der Waals surface area (Å²) in [5, 5.41) is 3.90. The average molecular weight is 422 g/mol. The largest absolute Gasteiger partial charge is 0.306 e. The third kappa shape index (κ3) is 3.61. The van der Waals surface area contributed by atoms with Crippen molar-refractivity contribution >= 4 is 43.5 Å². The summed E-state index contributed by atoms with van der Waals surface area (Å²) in [6, 6.07) is 10.2. The molecular formula is C15H13Br2ClFN. The SMILES string of the molecule is CCNC(c1cc(F)ccc1Cl)c1ccc(Br)cc1Br. The first-order chi connectivity index (χ1) is 9.52. The number of hydrogen-bond acceptors (Lipinski definition) is 1. The van der Waals surface area contributed by atoms with Crippen LogP contribution in [0.15, 0.2) is 45.3 Å². The molecular weight excluding hydrogens is 408 g/mol. The number of hydrogen-bond donors (Lipinski definition) is 1. The Labute approximate surface area is 139 Å². The van der Waals surface area contributed by atoms with Crippen LogP contribution in [0.5, 0.6) is 0 Å². The van der Waals surface area contributed by atoms with Crippen molar-refractivity contribution in [3.05, 3.63) is 67.3 Å². The molecule has 0 heterocycles. The normalized spacial score (nSPS) is 12.4. The lowest BCUT2D eigenvalue weighted by Crippen LogP contribution is -2.22. The van der Waals surface area contributed by atoms with E-state index in [4.69, 9.17) is 11.6 Å². The van der Waals surface area contributed by atoms with Gasteiger partial charge in [0, 0.05) is 14.0 Å². The zero-order chi connectivity index (χ0) is 14.7. The highest BCUT2D eigenvalue weighted by molar-refractivity contribution is 9.11. The average Bonchev–Trinajstić information content (AvgIpc) is 2.40. The first kappa shape index (κ1) is 16.0. The van der Waals surface area contributed by atoms with Gasteiger partial charge in [-0.05, 0) is 48.0 Å². The summed E-state index contributed by atoms with van der Waals surface area (Å²) in [6.45, 7) is 2.76. The number of nitrogens with one attached hydrogen (secondary N) is 1. The molecule has 1 unspecified atom stereocenters. The van der Waals surface area contributed by atoms with Gasteiger partial charge in [-0.15, -0.1) is 0 Å². The minimum absolute atomic E-state index is 0.161. The summed E-state index contributed by atoms with van der Waals surface area (Å²) in [5.74, 6) is -0.291. The lowest BCUT2D eigenvalue weighted by molar-refractivity contribution is 0.602. The molecule has 0 aliphatic heterocycles. The molecule has 106 valence electrons. The Morgan fingerprint density at radius 1 is 1.15 bits per heavy atom. The van der Waals surface area contributed by atoms with E-state index in [-0.39, 0.29) is 11.9 Å². The number of halogens is 4. The second kappa shape index (κ2) is 7.03. The van der Waals surface area contributed by atoms with Gasteiger partial charge in [0.05, 0.1) is 6.04 Å². The van der Waals surface area contributed by atoms with Gasteiger partial charge in [0.15, 0.2) is 0 Å². The van der Waals surface area contributed by atoms with Crippen LogP contribution in [-0.4, -0.2) is 6.54 Å². The Balaban J connectivity index is 2.53. The first-order valence-corrected chi connectivity index (χ1v) is 8.12. The molecule has 0 aliphatic rings. The van der Waals surface area contributed by atoms with E-state index in [1.165, 1.54) is 12.1 Å². The second-order valence-electron chi connectivity index (χ2n) is 4.32. The van der Waals surface area contributed by atoms with Gasteiger partial charge >= 0.3 is 0 Å². The van der Waals surface area contributed by atoms with E-state index in [9.17, 15) is 4.39 Å². The Morgan fingerprint density at radius 2 is 1.90 bits per heavy atom. The summed E-state index contributed by atoms with van der Waals surface area (Å²) in [6.07, 6.45) is 0. The molecule has 1 N–H and O–H groups in total. The predicted octanol–water partition coefficient (Wildman–Crippen LogP) is 5.70. The molecule has 0 aliphatic carbocycles. The Bertz CT molecular complexity index is 619. The molecule has 0 aromatic heterocycles. The number of rotatable bonds is 4. The topological polar surface area (TPSA) is 12.0 Å². The molecule has 2 aromatic rings. The van der Waals surface area contributed by atoms with E-state index in [1.807, 2.05) is 25.1 Å². The van der Waals surface area contributed by atoms with E-state index in [0.717, 1.165) is 26.6 Å². The van der Waals surface area contributed by atoms with Gasteiger partial charge < -0.3 is 5.32 Å². The Kier molecular flexibility index (Phi) is 5.61. The van der Waals surface area contributed by atoms with Crippen molar-refractivity contribution in [2.75, 3.05) is 6.54 Å². The van der Waals surface area contributed by atoms with Crippen LogP contribution in [0.25, 0.3) is 0 Å². The van der Waals surface area contributed by atoms with Crippen molar-refractivity contribution in [3.63, 3.8) is 0 Å². The molecule has 1 nitrogen and oxygen atoms in total. The summed E-state index contributed by atoms with van der Waals surface area (Å²) < 4.78 is 15.4. The Hall–Kier alpha value is -0.420. The molecule has 0 saturated heterocycles. The van der Waals surface area contributed by atoms with Crippen molar-refractivity contribution in [1.29, 1.82) is 0 Å². The van der Waals surface area contributed by atoms with Crippen molar-refractivity contribution in [1.82, 2.24) is 5.32 Å². The van der Waals surface area contributed by atoms with Gasteiger partial charge in [-0.25, -0.2) is 4.39 Å². The second-order valence-corrected chi connectivity index (χ2v) is 6.50. The molecule has 2 rings (SSSR count). The fraction of sp³-hybridized carbons (Fsp3) is 0.200. The van der Waals surface area contributed by atoms with E-state index < -0.39 is 0 Å². The maximum absolute atomic E-state index is 13.5. The van der Waals surface area contributed by atoms with Crippen LogP contribution in [0.1, 0.15) is 24.1 Å². The highest BCUT2D eigenvalue weighted by atomic mass is 79.9. The zero-order valence-corrected chi connectivity index (χ0v) is 14.7. The van der Waals surface area contributed by atoms with Crippen LogP contribution in [0.3, 0.4) is 0 Å². The molecule has 2 aromatic carbocycles. The minimum Gasteiger partial charge on any atom is -0.306 e. The van der Waals surface area contributed by atoms with Crippen molar-refractivity contribution in [3.8, 4) is 0 Å². The van der Waals surface area contributed by atoms with Crippen molar-refractivity contribution in [2.45, 2.75) is 13.0 Å². The van der Waals surface area contributed by atoms with Gasteiger partial charge in [-0.1, -0.05) is 56.5 Å². The smallest absolute Gasteiger partial charge is 0.123 e. The fourth-order valence-corrected chi connectivity index (χ4v) is 3.57. The first-order valence-electron chi connectivity index (χ1n) is 6.16. The zero-order valence-electron chi connectivity index (χ0n) is 10.8. The van der Waals surface area contributed by atoms with Crippen LogP contribution < -0.4 is 5.32 Å². The lowest BCUT2D eigenvalue weighted by atomic mass is 9.98. The van der Waals surface area contributed by atoms with Gasteiger partial charge in [0.25, 0.3) is 0 Å². The summed E-state index contributed by atoms with van der Waals surface area (Å²) >= 11 is 13.2. The van der Waals surface area contributed by atoms with Gasteiger partial charge in [0.1, 0.15) is 5.82 Å². The molecule has 0 spiro atoms. The summed E-state index contributed by atoms with van der Waals surface area (Å²) in [5.41, 5.74) is 1.75. The lowest BCUT2D eigenvalue weighted by Gasteiger charge is -2.21. The van der Waals surface area contributed by atoms with E-state index in [1.54, 1.807) is 6.07 Å².